The van der Waals surface area contributed by atoms with Crippen molar-refractivity contribution in [2.45, 2.75) is 51.6 Å². The van der Waals surface area contributed by atoms with Gasteiger partial charge in [-0.3, -0.25) is 19.2 Å². The molecule has 0 heterocycles. The third-order valence-electron chi connectivity index (χ3n) is 4.88. The lowest BCUT2D eigenvalue weighted by Gasteiger charge is -2.26. The molecule has 0 amide bonds. The number of Topliss-reactive ketones (excluding diaryl/α,β-unsaturated/α-hetero) is 1. The molecule has 4 unspecified atom stereocenters. The third-order valence-corrected chi connectivity index (χ3v) is 4.88. The molecule has 0 saturated heterocycles. The Morgan fingerprint density at radius 1 is 1.31 bits per heavy atom. The number of hydrogen-bond acceptors (Lipinski definition) is 6. The number of carbonyl (C=O) groups excluding carboxylic acids is 2. The zero-order valence-corrected chi connectivity index (χ0v) is 15.0. The van der Waals surface area contributed by atoms with Crippen LogP contribution in [-0.4, -0.2) is 52.2 Å². The number of aliphatic carboxylic acids is 2. The van der Waals surface area contributed by atoms with Crippen LogP contribution in [0.2, 0.25) is 0 Å². The number of allylic oxidation sites excluding steroid dienone is 1. The normalized spacial score (nSPS) is 26.8. The SMILES string of the molecule is CCCCCC(O)C=CC1CC(C(=O)O)C(=O)C1(CC(=O)OC)C(=O)O. The maximum Gasteiger partial charge on any atom is 0.318 e. The fraction of sp³-hybridized carbons (Fsp3) is 0.667. The van der Waals surface area contributed by atoms with Gasteiger partial charge in [0.05, 0.1) is 19.6 Å². The van der Waals surface area contributed by atoms with E-state index in [1.165, 1.54) is 12.2 Å². The van der Waals surface area contributed by atoms with Gasteiger partial charge in [-0.1, -0.05) is 38.3 Å². The van der Waals surface area contributed by atoms with Gasteiger partial charge in [0.2, 0.25) is 0 Å². The molecule has 1 saturated carbocycles. The summed E-state index contributed by atoms with van der Waals surface area (Å²) in [5, 5.41) is 28.9. The average Bonchev–Trinajstić information content (AvgIpc) is 2.86. The fourth-order valence-corrected chi connectivity index (χ4v) is 3.33. The van der Waals surface area contributed by atoms with E-state index in [1.54, 1.807) is 0 Å². The molecular weight excluding hydrogens is 344 g/mol. The second-order valence-electron chi connectivity index (χ2n) is 6.57. The predicted octanol–water partition coefficient (Wildman–Crippen LogP) is 1.41. The molecule has 4 atom stereocenters. The van der Waals surface area contributed by atoms with E-state index in [1.807, 2.05) is 6.92 Å². The van der Waals surface area contributed by atoms with Crippen LogP contribution in [0, 0.1) is 17.3 Å². The van der Waals surface area contributed by atoms with Crippen LogP contribution in [0.3, 0.4) is 0 Å². The van der Waals surface area contributed by atoms with Gasteiger partial charge in [-0.25, -0.2) is 0 Å². The van der Waals surface area contributed by atoms with Gasteiger partial charge in [-0.05, 0) is 12.8 Å². The molecule has 8 heteroatoms. The number of aliphatic hydroxyl groups excluding tert-OH is 1. The highest BCUT2D eigenvalue weighted by molar-refractivity contribution is 6.14. The maximum atomic E-state index is 12.6. The minimum atomic E-state index is -2.20. The first-order chi connectivity index (χ1) is 12.2. The third kappa shape index (κ3) is 4.69. The Bertz CT molecular complexity index is 582. The minimum Gasteiger partial charge on any atom is -0.481 e. The summed E-state index contributed by atoms with van der Waals surface area (Å²) in [7, 11) is 1.06. The summed E-state index contributed by atoms with van der Waals surface area (Å²) in [6, 6.07) is 0. The van der Waals surface area contributed by atoms with E-state index >= 15 is 0 Å². The molecule has 1 aliphatic carbocycles. The lowest BCUT2D eigenvalue weighted by molar-refractivity contribution is -0.163. The molecule has 8 nitrogen and oxygen atoms in total. The Morgan fingerprint density at radius 2 is 1.96 bits per heavy atom. The number of methoxy groups -OCH3 is 1. The van der Waals surface area contributed by atoms with Crippen molar-refractivity contribution in [2.24, 2.45) is 17.3 Å². The highest BCUT2D eigenvalue weighted by atomic mass is 16.5. The number of carbonyl (C=O) groups is 4. The monoisotopic (exact) mass is 370 g/mol. The van der Waals surface area contributed by atoms with Crippen molar-refractivity contribution in [3.63, 3.8) is 0 Å². The van der Waals surface area contributed by atoms with E-state index in [4.69, 9.17) is 0 Å². The standard InChI is InChI=1S/C18H26O8/c1-3-4-5-6-12(19)8-7-11-9-13(16(22)23)15(21)18(11,17(24)25)10-14(20)26-2/h7-8,11-13,19H,3-6,9-10H2,1-2H3,(H,22,23)(H,24,25). The number of ether oxygens (including phenoxy) is 1. The van der Waals surface area contributed by atoms with Crippen LogP contribution < -0.4 is 0 Å². The first-order valence-corrected chi connectivity index (χ1v) is 8.64. The molecule has 26 heavy (non-hydrogen) atoms. The Hall–Kier alpha value is -2.22. The summed E-state index contributed by atoms with van der Waals surface area (Å²) in [4.78, 5) is 47.5. The number of unbranched alkanes of at least 4 members (excludes halogenated alkanes) is 2. The molecule has 1 aliphatic rings. The first-order valence-electron chi connectivity index (χ1n) is 8.64. The quantitative estimate of drug-likeness (QED) is 0.227. The first kappa shape index (κ1) is 21.8. The van der Waals surface area contributed by atoms with Crippen molar-refractivity contribution in [1.29, 1.82) is 0 Å². The molecule has 0 spiro atoms. The molecular formula is C18H26O8. The molecule has 1 fully saturated rings. The van der Waals surface area contributed by atoms with Crippen LogP contribution in [0.25, 0.3) is 0 Å². The minimum absolute atomic E-state index is 0.240. The Morgan fingerprint density at radius 3 is 2.46 bits per heavy atom. The summed E-state index contributed by atoms with van der Waals surface area (Å²) in [6.07, 6.45) is 4.11. The molecule has 0 bridgehead atoms. The average molecular weight is 370 g/mol. The molecule has 0 radical (unpaired) electrons. The number of aliphatic hydroxyl groups is 1. The maximum absolute atomic E-state index is 12.6. The van der Waals surface area contributed by atoms with Crippen LogP contribution in [0.4, 0.5) is 0 Å². The van der Waals surface area contributed by atoms with Gasteiger partial charge in [0.25, 0.3) is 0 Å². The van der Waals surface area contributed by atoms with Crippen LogP contribution >= 0.6 is 0 Å². The zero-order chi connectivity index (χ0) is 19.9. The van der Waals surface area contributed by atoms with Crippen molar-refractivity contribution in [1.82, 2.24) is 0 Å². The van der Waals surface area contributed by atoms with Crippen molar-refractivity contribution in [2.75, 3.05) is 7.11 Å². The number of carboxylic acid groups (broad SMARTS) is 2. The highest BCUT2D eigenvalue weighted by Gasteiger charge is 2.62. The number of ketones is 1. The fourth-order valence-electron chi connectivity index (χ4n) is 3.33. The van der Waals surface area contributed by atoms with Crippen molar-refractivity contribution < 1.29 is 39.2 Å². The van der Waals surface area contributed by atoms with Gasteiger partial charge in [-0.2, -0.15) is 0 Å². The van der Waals surface area contributed by atoms with E-state index in [-0.39, 0.29) is 6.42 Å². The largest absolute Gasteiger partial charge is 0.481 e. The molecule has 0 aromatic carbocycles. The number of carboxylic acids is 2. The molecule has 0 aliphatic heterocycles. The molecule has 0 aromatic heterocycles. The lowest BCUT2D eigenvalue weighted by atomic mass is 9.73. The van der Waals surface area contributed by atoms with Crippen LogP contribution in [0.15, 0.2) is 12.2 Å². The summed E-state index contributed by atoms with van der Waals surface area (Å²) in [5.41, 5.74) is -2.20. The second-order valence-corrected chi connectivity index (χ2v) is 6.57. The van der Waals surface area contributed by atoms with Gasteiger partial charge in [0.1, 0.15) is 11.3 Å². The van der Waals surface area contributed by atoms with E-state index in [0.29, 0.717) is 6.42 Å². The van der Waals surface area contributed by atoms with Gasteiger partial charge in [0, 0.05) is 5.92 Å². The van der Waals surface area contributed by atoms with Crippen LogP contribution in [-0.2, 0) is 23.9 Å². The topological polar surface area (TPSA) is 138 Å². The molecule has 0 aromatic rings. The van der Waals surface area contributed by atoms with E-state index in [0.717, 1.165) is 26.4 Å². The smallest absolute Gasteiger partial charge is 0.318 e. The summed E-state index contributed by atoms with van der Waals surface area (Å²) < 4.78 is 4.50. The van der Waals surface area contributed by atoms with Crippen molar-refractivity contribution in [3.8, 4) is 0 Å². The van der Waals surface area contributed by atoms with Crippen molar-refractivity contribution >= 4 is 23.7 Å². The lowest BCUT2D eigenvalue weighted by Crippen LogP contribution is -2.44. The van der Waals surface area contributed by atoms with Gasteiger partial charge < -0.3 is 20.1 Å². The van der Waals surface area contributed by atoms with Gasteiger partial charge in [0.15, 0.2) is 5.78 Å². The van der Waals surface area contributed by atoms with Gasteiger partial charge >= 0.3 is 17.9 Å². The van der Waals surface area contributed by atoms with Crippen molar-refractivity contribution in [3.05, 3.63) is 12.2 Å². The Labute approximate surface area is 151 Å². The highest BCUT2D eigenvalue weighted by Crippen LogP contribution is 2.47. The summed E-state index contributed by atoms with van der Waals surface area (Å²) in [6.45, 7) is 2.02. The van der Waals surface area contributed by atoms with E-state index in [9.17, 15) is 34.5 Å². The Balaban J connectivity index is 3.14. The number of hydrogen-bond donors (Lipinski definition) is 3. The van der Waals surface area contributed by atoms with E-state index in [2.05, 4.69) is 4.74 Å². The second kappa shape index (κ2) is 9.47. The zero-order valence-electron chi connectivity index (χ0n) is 15.0. The molecule has 146 valence electrons. The van der Waals surface area contributed by atoms with Crippen LogP contribution in [0.5, 0.6) is 0 Å². The number of rotatable bonds is 10. The summed E-state index contributed by atoms with van der Waals surface area (Å²) >= 11 is 0. The number of esters is 1. The molecule has 1 rings (SSSR count). The Kier molecular flexibility index (Phi) is 7.95. The van der Waals surface area contributed by atoms with Crippen LogP contribution in [0.1, 0.15) is 45.4 Å². The summed E-state index contributed by atoms with van der Waals surface area (Å²) in [5.74, 6) is -7.44. The predicted molar refractivity (Wildman–Crippen MR) is 90.2 cm³/mol. The van der Waals surface area contributed by atoms with Gasteiger partial charge in [-0.15, -0.1) is 0 Å². The molecule has 3 N–H and O–H groups in total. The van der Waals surface area contributed by atoms with E-state index < -0.39 is 53.5 Å².